The summed E-state index contributed by atoms with van der Waals surface area (Å²) in [6.45, 7) is 6.27. The zero-order valence-corrected chi connectivity index (χ0v) is 25.4. The fourth-order valence-electron chi connectivity index (χ4n) is 4.47. The lowest BCUT2D eigenvalue weighted by molar-refractivity contribution is 0.0913. The van der Waals surface area contributed by atoms with Crippen LogP contribution in [0.2, 0.25) is 0 Å². The largest absolute Gasteiger partial charge is 0.385 e. The number of hydrogen-bond donors (Lipinski definition) is 2. The molecule has 0 aliphatic carbocycles. The van der Waals surface area contributed by atoms with Gasteiger partial charge in [-0.2, -0.15) is 0 Å². The maximum atomic E-state index is 5.60. The van der Waals surface area contributed by atoms with Gasteiger partial charge in [0.25, 0.3) is 0 Å². The van der Waals surface area contributed by atoms with Gasteiger partial charge in [0.1, 0.15) is 0 Å². The molecule has 2 aromatic heterocycles. The third-order valence-corrected chi connectivity index (χ3v) is 8.81. The van der Waals surface area contributed by atoms with Crippen LogP contribution in [0.25, 0.3) is 0 Å². The molecule has 9 nitrogen and oxygen atoms in total. The first-order valence-corrected chi connectivity index (χ1v) is 15.5. The molecular formula is C30H37N7O2S2. The number of nitrogens with one attached hydrogen (secondary N) is 2. The number of nitrogens with zero attached hydrogens (tertiary/aromatic N) is 5. The summed E-state index contributed by atoms with van der Waals surface area (Å²) in [7, 11) is 3.82. The van der Waals surface area contributed by atoms with Gasteiger partial charge in [-0.05, 0) is 86.3 Å². The van der Waals surface area contributed by atoms with Gasteiger partial charge in [-0.3, -0.25) is 0 Å². The minimum absolute atomic E-state index is 0.469. The number of methoxy groups -OCH3 is 1. The van der Waals surface area contributed by atoms with Crippen LogP contribution in [-0.2, 0) is 16.1 Å². The van der Waals surface area contributed by atoms with Crippen molar-refractivity contribution in [2.24, 2.45) is 10.2 Å². The van der Waals surface area contributed by atoms with Crippen molar-refractivity contribution in [2.75, 3.05) is 61.1 Å². The topological polar surface area (TPSA) is 86.6 Å². The monoisotopic (exact) mass is 591 g/mol. The van der Waals surface area contributed by atoms with Crippen LogP contribution in [0.1, 0.15) is 30.5 Å². The van der Waals surface area contributed by atoms with Gasteiger partial charge in [-0.1, -0.05) is 0 Å². The van der Waals surface area contributed by atoms with Crippen molar-refractivity contribution in [1.29, 1.82) is 0 Å². The van der Waals surface area contributed by atoms with E-state index in [9.17, 15) is 0 Å². The number of ether oxygens (including phenoxy) is 2. The highest BCUT2D eigenvalue weighted by molar-refractivity contribution is 7.20. The van der Waals surface area contributed by atoms with E-state index in [1.54, 1.807) is 7.11 Å². The highest BCUT2D eigenvalue weighted by atomic mass is 32.1. The van der Waals surface area contributed by atoms with E-state index in [1.807, 2.05) is 41.0 Å². The summed E-state index contributed by atoms with van der Waals surface area (Å²) in [6.07, 6.45) is 3.45. The molecule has 2 aromatic carbocycles. The van der Waals surface area contributed by atoms with E-state index >= 15 is 0 Å². The molecule has 0 bridgehead atoms. The number of thiophene rings is 1. The van der Waals surface area contributed by atoms with Crippen LogP contribution in [0.15, 0.2) is 70.2 Å². The third kappa shape index (κ3) is 8.04. The minimum atomic E-state index is 0.469. The Hall–Kier alpha value is -3.51. The predicted molar refractivity (Wildman–Crippen MR) is 171 cm³/mol. The fraction of sp³-hybridized carbons (Fsp3) is 0.367. The molecule has 2 N–H and O–H groups in total. The minimum Gasteiger partial charge on any atom is -0.385 e. The van der Waals surface area contributed by atoms with Gasteiger partial charge < -0.3 is 30.1 Å². The lowest BCUT2D eigenvalue weighted by atomic mass is 10.1. The molecule has 0 amide bonds. The first-order chi connectivity index (χ1) is 20.1. The Bertz CT molecular complexity index is 1410. The highest BCUT2D eigenvalue weighted by Crippen LogP contribution is 2.37. The summed E-state index contributed by atoms with van der Waals surface area (Å²) in [4.78, 5) is 9.20. The standard InChI is InChI=1S/C30H37N7O2S2/c1-22-19-26(36(2)28-13-14-29(41-28)37-15-4-5-16-37)11-12-27(22)34-32-23-7-9-24(10-8-23)33-35-30-31-25(21-40-30)20-39-18-6-17-38-3/h7-14,19,21,32,34H,4-6,15-18,20H2,1-3H3/b35-33+. The van der Waals surface area contributed by atoms with Crippen LogP contribution in [-0.4, -0.2) is 45.4 Å². The van der Waals surface area contributed by atoms with Gasteiger partial charge in [-0.25, -0.2) is 4.98 Å². The maximum absolute atomic E-state index is 5.60. The Labute approximate surface area is 249 Å². The molecule has 1 aliphatic rings. The Kier molecular flexibility index (Phi) is 10.2. The van der Waals surface area contributed by atoms with E-state index in [4.69, 9.17) is 9.47 Å². The zero-order valence-electron chi connectivity index (χ0n) is 23.8. The number of benzene rings is 2. The number of hydrazine groups is 1. The van der Waals surface area contributed by atoms with Gasteiger partial charge in [-0.15, -0.1) is 32.9 Å². The van der Waals surface area contributed by atoms with Gasteiger partial charge in [0.05, 0.1) is 39.4 Å². The van der Waals surface area contributed by atoms with Crippen molar-refractivity contribution in [2.45, 2.75) is 32.8 Å². The van der Waals surface area contributed by atoms with E-state index in [0.29, 0.717) is 25.0 Å². The summed E-state index contributed by atoms with van der Waals surface area (Å²) in [5.74, 6) is 0. The van der Waals surface area contributed by atoms with Gasteiger partial charge in [0.2, 0.25) is 5.13 Å². The molecule has 3 heterocycles. The summed E-state index contributed by atoms with van der Waals surface area (Å²) >= 11 is 3.31. The molecule has 11 heteroatoms. The van der Waals surface area contributed by atoms with Crippen molar-refractivity contribution in [3.8, 4) is 0 Å². The average molecular weight is 592 g/mol. The van der Waals surface area contributed by atoms with E-state index in [0.717, 1.165) is 34.7 Å². The molecule has 1 saturated heterocycles. The number of anilines is 5. The molecule has 1 fully saturated rings. The Morgan fingerprint density at radius 3 is 2.61 bits per heavy atom. The molecule has 41 heavy (non-hydrogen) atoms. The van der Waals surface area contributed by atoms with Gasteiger partial charge in [0, 0.05) is 51.5 Å². The van der Waals surface area contributed by atoms with Crippen molar-refractivity contribution in [3.63, 3.8) is 0 Å². The highest BCUT2D eigenvalue weighted by Gasteiger charge is 2.16. The van der Waals surface area contributed by atoms with Crippen LogP contribution in [0.4, 0.5) is 37.9 Å². The molecule has 0 saturated carbocycles. The number of hydrogen-bond acceptors (Lipinski definition) is 11. The average Bonchev–Trinajstić information content (AvgIpc) is 3.78. The van der Waals surface area contributed by atoms with Crippen molar-refractivity contribution < 1.29 is 9.47 Å². The Balaban J connectivity index is 1.10. The smallest absolute Gasteiger partial charge is 0.230 e. The quantitative estimate of drug-likeness (QED) is 0.0867. The Morgan fingerprint density at radius 2 is 1.83 bits per heavy atom. The molecular weight excluding hydrogens is 555 g/mol. The van der Waals surface area contributed by atoms with Crippen molar-refractivity contribution >= 4 is 60.6 Å². The molecule has 0 atom stereocenters. The van der Waals surface area contributed by atoms with Gasteiger partial charge >= 0.3 is 0 Å². The second-order valence-corrected chi connectivity index (χ2v) is 11.8. The summed E-state index contributed by atoms with van der Waals surface area (Å²) in [5, 5.41) is 13.8. The zero-order chi connectivity index (χ0) is 28.4. The number of aromatic nitrogens is 1. The van der Waals surface area contributed by atoms with Gasteiger partial charge in [0.15, 0.2) is 0 Å². The third-order valence-electron chi connectivity index (χ3n) is 6.81. The summed E-state index contributed by atoms with van der Waals surface area (Å²) < 4.78 is 10.6. The molecule has 216 valence electrons. The van der Waals surface area contributed by atoms with E-state index in [2.05, 4.69) is 80.2 Å². The van der Waals surface area contributed by atoms with Crippen molar-refractivity contribution in [1.82, 2.24) is 4.98 Å². The number of aryl methyl sites for hydroxylation is 1. The number of azo groups is 1. The lowest BCUT2D eigenvalue weighted by Crippen LogP contribution is -2.15. The first kappa shape index (κ1) is 29.0. The summed E-state index contributed by atoms with van der Waals surface area (Å²) in [6, 6.07) is 18.7. The molecule has 0 spiro atoms. The molecule has 4 aromatic rings. The Morgan fingerprint density at radius 1 is 1.00 bits per heavy atom. The lowest BCUT2D eigenvalue weighted by Gasteiger charge is -2.20. The maximum Gasteiger partial charge on any atom is 0.230 e. The van der Waals surface area contributed by atoms with Crippen LogP contribution >= 0.6 is 22.7 Å². The van der Waals surface area contributed by atoms with Crippen LogP contribution < -0.4 is 20.7 Å². The van der Waals surface area contributed by atoms with Crippen LogP contribution in [0, 0.1) is 6.92 Å². The normalized spacial score (nSPS) is 13.3. The van der Waals surface area contributed by atoms with Crippen molar-refractivity contribution in [3.05, 3.63) is 71.2 Å². The SMILES string of the molecule is COCCCOCc1csc(/N=N/c2ccc(NNc3ccc(N(C)c4ccc(N5CCCC5)s4)cc3C)cc2)n1. The molecule has 0 radical (unpaired) electrons. The summed E-state index contributed by atoms with van der Waals surface area (Å²) in [5.41, 5.74) is 12.5. The number of rotatable bonds is 14. The fourth-order valence-corrected chi connectivity index (χ4v) is 6.13. The molecule has 0 unspecified atom stereocenters. The van der Waals surface area contributed by atoms with E-state index in [1.165, 1.54) is 53.0 Å². The number of thiazole rings is 1. The first-order valence-electron chi connectivity index (χ1n) is 13.8. The predicted octanol–water partition coefficient (Wildman–Crippen LogP) is 8.29. The van der Waals surface area contributed by atoms with Crippen LogP contribution in [0.5, 0.6) is 0 Å². The second kappa shape index (κ2) is 14.4. The molecule has 5 rings (SSSR count). The second-order valence-electron chi connectivity index (χ2n) is 9.88. The molecule has 1 aliphatic heterocycles. The van der Waals surface area contributed by atoms with E-state index < -0.39 is 0 Å². The van der Waals surface area contributed by atoms with E-state index in [-0.39, 0.29) is 0 Å². The van der Waals surface area contributed by atoms with Crippen LogP contribution in [0.3, 0.4) is 0 Å².